The second-order valence-corrected chi connectivity index (χ2v) is 4.96. The first-order valence-electron chi connectivity index (χ1n) is 6.48. The van der Waals surface area contributed by atoms with Crippen molar-refractivity contribution in [1.29, 1.82) is 0 Å². The lowest BCUT2D eigenvalue weighted by molar-refractivity contribution is 0.262. The summed E-state index contributed by atoms with van der Waals surface area (Å²) in [6.07, 6.45) is 0. The van der Waals surface area contributed by atoms with Crippen LogP contribution in [0.15, 0.2) is 24.3 Å². The van der Waals surface area contributed by atoms with Gasteiger partial charge in [0.1, 0.15) is 12.4 Å². The van der Waals surface area contributed by atoms with E-state index < -0.39 is 0 Å². The third-order valence-corrected chi connectivity index (χ3v) is 3.08. The van der Waals surface area contributed by atoms with Gasteiger partial charge >= 0.3 is 0 Å². The number of hydrogen-bond acceptors (Lipinski definition) is 3. The summed E-state index contributed by atoms with van der Waals surface area (Å²) in [6, 6.07) is 8.12. The molecule has 4 heteroatoms. The Morgan fingerprint density at radius 2 is 1.95 bits per heavy atom. The first kappa shape index (κ1) is 13.6. The predicted octanol–water partition coefficient (Wildman–Crippen LogP) is 2.63. The molecule has 4 nitrogen and oxygen atoms in total. The highest BCUT2D eigenvalue weighted by Gasteiger charge is 2.13. The Morgan fingerprint density at radius 1 is 1.21 bits per heavy atom. The van der Waals surface area contributed by atoms with Crippen LogP contribution >= 0.6 is 0 Å². The molecule has 0 atom stereocenters. The first-order valence-corrected chi connectivity index (χ1v) is 6.48. The van der Waals surface area contributed by atoms with Crippen molar-refractivity contribution >= 4 is 0 Å². The average Bonchev–Trinajstić information content (AvgIpc) is 2.69. The number of nitrogens with zero attached hydrogens (tertiary/aromatic N) is 2. The monoisotopic (exact) mass is 259 g/mol. The molecule has 19 heavy (non-hydrogen) atoms. The van der Waals surface area contributed by atoms with Crippen molar-refractivity contribution < 1.29 is 4.74 Å². The molecule has 2 rings (SSSR count). The molecule has 0 saturated carbocycles. The van der Waals surface area contributed by atoms with Gasteiger partial charge in [-0.2, -0.15) is 5.10 Å². The van der Waals surface area contributed by atoms with Crippen LogP contribution in [-0.2, 0) is 0 Å². The standard InChI is InChI=1S/C15H21N3O/c1-11-15(12(2)17-16-11)13-7-5-6-8-14(13)19-10-9-18(3)4/h5-8H,9-10H2,1-4H3,(H,16,17). The maximum absolute atomic E-state index is 5.90. The SMILES string of the molecule is Cc1n[nH]c(C)c1-c1ccccc1OCCN(C)C. The van der Waals surface area contributed by atoms with Crippen LogP contribution in [0.3, 0.4) is 0 Å². The van der Waals surface area contributed by atoms with E-state index in [9.17, 15) is 0 Å². The summed E-state index contributed by atoms with van der Waals surface area (Å²) in [6.45, 7) is 5.62. The van der Waals surface area contributed by atoms with Crippen molar-refractivity contribution in [3.63, 3.8) is 0 Å². The molecule has 1 N–H and O–H groups in total. The van der Waals surface area contributed by atoms with Crippen molar-refractivity contribution in [2.45, 2.75) is 13.8 Å². The zero-order valence-corrected chi connectivity index (χ0v) is 12.0. The Morgan fingerprint density at radius 3 is 2.58 bits per heavy atom. The van der Waals surface area contributed by atoms with Gasteiger partial charge in [-0.3, -0.25) is 5.10 Å². The van der Waals surface area contributed by atoms with Gasteiger partial charge in [-0.25, -0.2) is 0 Å². The molecule has 1 aromatic carbocycles. The molecule has 0 fully saturated rings. The highest BCUT2D eigenvalue weighted by Crippen LogP contribution is 2.33. The second kappa shape index (κ2) is 5.89. The Hall–Kier alpha value is -1.81. The van der Waals surface area contributed by atoms with Crippen LogP contribution in [0.4, 0.5) is 0 Å². The van der Waals surface area contributed by atoms with Crippen molar-refractivity contribution in [3.8, 4) is 16.9 Å². The third kappa shape index (κ3) is 3.15. The van der Waals surface area contributed by atoms with Crippen LogP contribution in [0.2, 0.25) is 0 Å². The fourth-order valence-electron chi connectivity index (χ4n) is 2.08. The Bertz CT molecular complexity index is 527. The van der Waals surface area contributed by atoms with E-state index in [4.69, 9.17) is 4.74 Å². The summed E-state index contributed by atoms with van der Waals surface area (Å²) in [5.41, 5.74) is 4.31. The van der Waals surface area contributed by atoms with E-state index in [0.717, 1.165) is 34.8 Å². The number of likely N-dealkylation sites (N-methyl/N-ethyl adjacent to an activating group) is 1. The fraction of sp³-hybridized carbons (Fsp3) is 0.400. The zero-order chi connectivity index (χ0) is 13.8. The summed E-state index contributed by atoms with van der Waals surface area (Å²) >= 11 is 0. The number of rotatable bonds is 5. The van der Waals surface area contributed by atoms with E-state index in [1.54, 1.807) is 0 Å². The van der Waals surface area contributed by atoms with Gasteiger partial charge in [0.25, 0.3) is 0 Å². The quantitative estimate of drug-likeness (QED) is 0.897. The summed E-state index contributed by atoms with van der Waals surface area (Å²) < 4.78 is 5.90. The largest absolute Gasteiger partial charge is 0.492 e. The Balaban J connectivity index is 2.26. The topological polar surface area (TPSA) is 41.1 Å². The number of aromatic amines is 1. The molecule has 0 bridgehead atoms. The van der Waals surface area contributed by atoms with Crippen LogP contribution in [-0.4, -0.2) is 42.3 Å². The van der Waals surface area contributed by atoms with Gasteiger partial charge in [0.15, 0.2) is 0 Å². The van der Waals surface area contributed by atoms with E-state index >= 15 is 0 Å². The Kier molecular flexibility index (Phi) is 4.22. The van der Waals surface area contributed by atoms with Crippen LogP contribution in [0.1, 0.15) is 11.4 Å². The van der Waals surface area contributed by atoms with Crippen molar-refractivity contribution in [1.82, 2.24) is 15.1 Å². The summed E-state index contributed by atoms with van der Waals surface area (Å²) in [5.74, 6) is 0.914. The minimum atomic E-state index is 0.681. The van der Waals surface area contributed by atoms with Gasteiger partial charge in [-0.15, -0.1) is 0 Å². The maximum atomic E-state index is 5.90. The third-order valence-electron chi connectivity index (χ3n) is 3.08. The molecule has 0 aliphatic rings. The molecule has 0 radical (unpaired) electrons. The van der Waals surface area contributed by atoms with E-state index in [1.165, 1.54) is 0 Å². The molecule has 0 aliphatic carbocycles. The molecule has 0 amide bonds. The maximum Gasteiger partial charge on any atom is 0.127 e. The van der Waals surface area contributed by atoms with Crippen LogP contribution in [0.5, 0.6) is 5.75 Å². The van der Waals surface area contributed by atoms with Crippen LogP contribution in [0, 0.1) is 13.8 Å². The number of benzene rings is 1. The van der Waals surface area contributed by atoms with E-state index in [0.29, 0.717) is 6.61 Å². The number of nitrogens with one attached hydrogen (secondary N) is 1. The highest BCUT2D eigenvalue weighted by atomic mass is 16.5. The predicted molar refractivity (Wildman–Crippen MR) is 77.5 cm³/mol. The van der Waals surface area contributed by atoms with Crippen LogP contribution < -0.4 is 4.74 Å². The second-order valence-electron chi connectivity index (χ2n) is 4.96. The van der Waals surface area contributed by atoms with Gasteiger partial charge in [-0.1, -0.05) is 18.2 Å². The fourth-order valence-corrected chi connectivity index (χ4v) is 2.08. The first-order chi connectivity index (χ1) is 9.09. The number of hydrogen-bond donors (Lipinski definition) is 1. The molecule has 2 aromatic rings. The van der Waals surface area contributed by atoms with Gasteiger partial charge in [0.05, 0.1) is 5.69 Å². The number of H-pyrrole nitrogens is 1. The van der Waals surface area contributed by atoms with Gasteiger partial charge in [0, 0.05) is 23.4 Å². The highest BCUT2D eigenvalue weighted by molar-refractivity contribution is 5.74. The number of aromatic nitrogens is 2. The summed E-state index contributed by atoms with van der Waals surface area (Å²) in [5, 5.41) is 7.28. The molecule has 1 aromatic heterocycles. The summed E-state index contributed by atoms with van der Waals surface area (Å²) in [4.78, 5) is 2.11. The van der Waals surface area contributed by atoms with E-state index in [1.807, 2.05) is 46.1 Å². The lowest BCUT2D eigenvalue weighted by Gasteiger charge is -2.14. The lowest BCUT2D eigenvalue weighted by Crippen LogP contribution is -2.19. The Labute approximate surface area is 114 Å². The van der Waals surface area contributed by atoms with Gasteiger partial charge < -0.3 is 9.64 Å². The lowest BCUT2D eigenvalue weighted by atomic mass is 10.0. The molecule has 0 saturated heterocycles. The van der Waals surface area contributed by atoms with Gasteiger partial charge in [0.2, 0.25) is 0 Å². The van der Waals surface area contributed by atoms with Crippen LogP contribution in [0.25, 0.3) is 11.1 Å². The molecular weight excluding hydrogens is 238 g/mol. The molecule has 1 heterocycles. The normalized spacial score (nSPS) is 11.0. The van der Waals surface area contributed by atoms with E-state index in [2.05, 4.69) is 21.2 Å². The van der Waals surface area contributed by atoms with Crippen molar-refractivity contribution in [3.05, 3.63) is 35.7 Å². The van der Waals surface area contributed by atoms with E-state index in [-0.39, 0.29) is 0 Å². The average molecular weight is 259 g/mol. The van der Waals surface area contributed by atoms with Crippen molar-refractivity contribution in [2.75, 3.05) is 27.2 Å². The number of ether oxygens (including phenoxy) is 1. The zero-order valence-electron chi connectivity index (χ0n) is 12.0. The molecule has 102 valence electrons. The molecular formula is C15H21N3O. The summed E-state index contributed by atoms with van der Waals surface area (Å²) in [7, 11) is 4.08. The number of para-hydroxylation sites is 1. The number of aryl methyl sites for hydroxylation is 2. The van der Waals surface area contributed by atoms with Crippen molar-refractivity contribution in [2.24, 2.45) is 0 Å². The molecule has 0 unspecified atom stereocenters. The van der Waals surface area contributed by atoms with Gasteiger partial charge in [-0.05, 0) is 34.0 Å². The minimum absolute atomic E-state index is 0.681. The molecule has 0 spiro atoms. The minimum Gasteiger partial charge on any atom is -0.492 e. The molecule has 0 aliphatic heterocycles. The smallest absolute Gasteiger partial charge is 0.127 e.